The van der Waals surface area contributed by atoms with Crippen molar-refractivity contribution in [2.45, 2.75) is 20.8 Å². The number of Topliss-reactive ketones (excluding diaryl/α,β-unsaturated/α-hetero) is 1. The minimum Gasteiger partial charge on any atom is -0.492 e. The number of hydrogen-bond donors (Lipinski definition) is 2. The lowest BCUT2D eigenvalue weighted by Crippen LogP contribution is -2.31. The molecule has 0 bridgehead atoms. The van der Waals surface area contributed by atoms with Gasteiger partial charge in [-0.3, -0.25) is 15.6 Å². The number of carbonyl (C=O) groups is 1. The number of rotatable bonds is 7. The Balaban J connectivity index is 0.00000127. The Bertz CT molecular complexity index is 598. The van der Waals surface area contributed by atoms with Crippen LogP contribution in [0.4, 0.5) is 0 Å². The van der Waals surface area contributed by atoms with Crippen LogP contribution in [-0.2, 0) is 0 Å². The van der Waals surface area contributed by atoms with Gasteiger partial charge in [-0.05, 0) is 31.7 Å². The van der Waals surface area contributed by atoms with Crippen LogP contribution in [-0.4, -0.2) is 26.0 Å². The summed E-state index contributed by atoms with van der Waals surface area (Å²) in [5.41, 5.74) is 8.54. The second kappa shape index (κ2) is 10.5. The van der Waals surface area contributed by atoms with Crippen molar-refractivity contribution in [1.29, 1.82) is 0 Å². The number of ketones is 1. The zero-order valence-electron chi connectivity index (χ0n) is 14.3. The molecule has 0 unspecified atom stereocenters. The molecule has 0 atom stereocenters. The number of hydrogen-bond acceptors (Lipinski definition) is 4. The molecule has 0 fully saturated rings. The highest BCUT2D eigenvalue weighted by atomic mass is 16.5. The van der Waals surface area contributed by atoms with E-state index in [1.165, 1.54) is 0 Å². The van der Waals surface area contributed by atoms with Crippen molar-refractivity contribution in [1.82, 2.24) is 10.9 Å². The highest BCUT2D eigenvalue weighted by Gasteiger charge is 2.09. The van der Waals surface area contributed by atoms with Crippen LogP contribution in [0.3, 0.4) is 0 Å². The van der Waals surface area contributed by atoms with Gasteiger partial charge in [-0.2, -0.15) is 0 Å². The smallest absolute Gasteiger partial charge is 0.159 e. The van der Waals surface area contributed by atoms with Crippen molar-refractivity contribution in [3.63, 3.8) is 0 Å². The summed E-state index contributed by atoms with van der Waals surface area (Å²) in [6.07, 6.45) is 0. The first-order valence-electron chi connectivity index (χ1n) is 7.95. The van der Waals surface area contributed by atoms with E-state index in [-0.39, 0.29) is 5.78 Å². The third kappa shape index (κ3) is 5.85. The summed E-state index contributed by atoms with van der Waals surface area (Å²) in [5.74, 6) is 0.764. The fourth-order valence-corrected chi connectivity index (χ4v) is 2.05. The van der Waals surface area contributed by atoms with Gasteiger partial charge in [0.1, 0.15) is 12.4 Å². The lowest BCUT2D eigenvalue weighted by molar-refractivity contribution is 0.101. The SMILES string of the molecule is CC.CNNCCOc1cc(C(C)=O)ccc1-c1ccccc1. The maximum atomic E-state index is 11.5. The molecule has 2 N–H and O–H groups in total. The predicted octanol–water partition coefficient (Wildman–Crippen LogP) is 3.69. The van der Waals surface area contributed by atoms with Crippen LogP contribution >= 0.6 is 0 Å². The van der Waals surface area contributed by atoms with E-state index in [1.54, 1.807) is 6.92 Å². The molecule has 23 heavy (non-hydrogen) atoms. The van der Waals surface area contributed by atoms with Crippen molar-refractivity contribution in [3.05, 3.63) is 54.1 Å². The van der Waals surface area contributed by atoms with Gasteiger partial charge in [0.25, 0.3) is 0 Å². The largest absolute Gasteiger partial charge is 0.492 e. The van der Waals surface area contributed by atoms with E-state index >= 15 is 0 Å². The van der Waals surface area contributed by atoms with Crippen LogP contribution in [0.15, 0.2) is 48.5 Å². The third-order valence-corrected chi connectivity index (χ3v) is 3.13. The standard InChI is InChI=1S/C17H20N2O2.C2H6/c1-13(20)15-8-9-16(14-6-4-3-5-7-14)17(12-15)21-11-10-19-18-2;1-2/h3-9,12,18-19H,10-11H2,1-2H3;1-2H3. The molecule has 0 heterocycles. The summed E-state index contributed by atoms with van der Waals surface area (Å²) in [7, 11) is 1.81. The molecule has 2 rings (SSSR count). The number of hydrazine groups is 1. The normalized spacial score (nSPS) is 9.74. The molecule has 2 aromatic carbocycles. The predicted molar refractivity (Wildman–Crippen MR) is 95.8 cm³/mol. The van der Waals surface area contributed by atoms with Crippen molar-refractivity contribution < 1.29 is 9.53 Å². The molecular weight excluding hydrogens is 288 g/mol. The summed E-state index contributed by atoms with van der Waals surface area (Å²) < 4.78 is 5.83. The van der Waals surface area contributed by atoms with Gasteiger partial charge in [0.15, 0.2) is 5.78 Å². The Morgan fingerprint density at radius 1 is 1.09 bits per heavy atom. The average molecular weight is 314 g/mol. The summed E-state index contributed by atoms with van der Waals surface area (Å²) >= 11 is 0. The molecule has 124 valence electrons. The molecule has 0 aliphatic rings. The Kier molecular flexibility index (Phi) is 8.65. The molecule has 0 spiro atoms. The van der Waals surface area contributed by atoms with Crippen LogP contribution in [0.5, 0.6) is 5.75 Å². The van der Waals surface area contributed by atoms with E-state index in [0.717, 1.165) is 16.9 Å². The molecule has 0 saturated carbocycles. The Morgan fingerprint density at radius 2 is 1.78 bits per heavy atom. The van der Waals surface area contributed by atoms with Gasteiger partial charge < -0.3 is 4.74 Å². The molecule has 0 aliphatic heterocycles. The molecule has 0 saturated heterocycles. The van der Waals surface area contributed by atoms with Crippen molar-refractivity contribution in [3.8, 4) is 16.9 Å². The van der Waals surface area contributed by atoms with Crippen LogP contribution in [0.2, 0.25) is 0 Å². The third-order valence-electron chi connectivity index (χ3n) is 3.13. The number of benzene rings is 2. The average Bonchev–Trinajstić information content (AvgIpc) is 2.61. The second-order valence-corrected chi connectivity index (χ2v) is 4.66. The molecule has 0 aromatic heterocycles. The maximum Gasteiger partial charge on any atom is 0.159 e. The highest BCUT2D eigenvalue weighted by Crippen LogP contribution is 2.31. The lowest BCUT2D eigenvalue weighted by Gasteiger charge is -2.13. The summed E-state index contributed by atoms with van der Waals surface area (Å²) in [5, 5.41) is 0. The minimum absolute atomic E-state index is 0.0350. The summed E-state index contributed by atoms with van der Waals surface area (Å²) in [6, 6.07) is 15.6. The number of ether oxygens (including phenoxy) is 1. The van der Waals surface area contributed by atoms with Gasteiger partial charge >= 0.3 is 0 Å². The topological polar surface area (TPSA) is 50.4 Å². The lowest BCUT2D eigenvalue weighted by atomic mass is 10.0. The fraction of sp³-hybridized carbons (Fsp3) is 0.316. The van der Waals surface area contributed by atoms with Gasteiger partial charge in [0.05, 0.1) is 0 Å². The zero-order chi connectivity index (χ0) is 17.1. The maximum absolute atomic E-state index is 11.5. The van der Waals surface area contributed by atoms with Gasteiger partial charge in [-0.1, -0.05) is 50.2 Å². The Hall–Kier alpha value is -2.17. The van der Waals surface area contributed by atoms with E-state index < -0.39 is 0 Å². The van der Waals surface area contributed by atoms with Crippen LogP contribution in [0.25, 0.3) is 11.1 Å². The monoisotopic (exact) mass is 314 g/mol. The molecule has 4 nitrogen and oxygen atoms in total. The minimum atomic E-state index is 0.0350. The van der Waals surface area contributed by atoms with E-state index in [1.807, 2.05) is 69.4 Å². The van der Waals surface area contributed by atoms with E-state index in [0.29, 0.717) is 18.7 Å². The van der Waals surface area contributed by atoms with Crippen molar-refractivity contribution in [2.24, 2.45) is 0 Å². The number of nitrogens with one attached hydrogen (secondary N) is 2. The first-order chi connectivity index (χ1) is 11.2. The van der Waals surface area contributed by atoms with E-state index in [2.05, 4.69) is 10.9 Å². The Morgan fingerprint density at radius 3 is 2.39 bits per heavy atom. The van der Waals surface area contributed by atoms with Gasteiger partial charge in [0, 0.05) is 17.7 Å². The molecular formula is C19H26N2O2. The number of carbonyl (C=O) groups excluding carboxylic acids is 1. The summed E-state index contributed by atoms with van der Waals surface area (Å²) in [6.45, 7) is 6.75. The van der Waals surface area contributed by atoms with Crippen LogP contribution < -0.4 is 15.6 Å². The molecule has 0 aliphatic carbocycles. The second-order valence-electron chi connectivity index (χ2n) is 4.66. The van der Waals surface area contributed by atoms with Crippen molar-refractivity contribution >= 4 is 5.78 Å². The first kappa shape index (κ1) is 18.9. The quantitative estimate of drug-likeness (QED) is 0.465. The van der Waals surface area contributed by atoms with Crippen LogP contribution in [0, 0.1) is 0 Å². The highest BCUT2D eigenvalue weighted by molar-refractivity contribution is 5.95. The molecule has 4 heteroatoms. The van der Waals surface area contributed by atoms with Crippen LogP contribution in [0.1, 0.15) is 31.1 Å². The van der Waals surface area contributed by atoms with Gasteiger partial charge in [0.2, 0.25) is 0 Å². The summed E-state index contributed by atoms with van der Waals surface area (Å²) in [4.78, 5) is 11.5. The van der Waals surface area contributed by atoms with Gasteiger partial charge in [-0.15, -0.1) is 0 Å². The molecule has 2 aromatic rings. The van der Waals surface area contributed by atoms with Gasteiger partial charge in [-0.25, -0.2) is 0 Å². The van der Waals surface area contributed by atoms with E-state index in [9.17, 15) is 4.79 Å². The first-order valence-corrected chi connectivity index (χ1v) is 7.95. The van der Waals surface area contributed by atoms with E-state index in [4.69, 9.17) is 4.74 Å². The fourth-order valence-electron chi connectivity index (χ4n) is 2.05. The van der Waals surface area contributed by atoms with Crippen molar-refractivity contribution in [2.75, 3.05) is 20.2 Å². The zero-order valence-corrected chi connectivity index (χ0v) is 14.3. The Labute approximate surface area is 138 Å². The molecule has 0 amide bonds. The molecule has 0 radical (unpaired) electrons.